The van der Waals surface area contributed by atoms with Crippen LogP contribution < -0.4 is 0 Å². The minimum absolute atomic E-state index is 0.164. The van der Waals surface area contributed by atoms with Crippen molar-refractivity contribution < 1.29 is 8.42 Å². The standard InChI is InChI=1S/C15H19ClN2O2S/c1-10-3-4-14-13(9-10)17-15(11(2)16)18(14)12-5-7-21(19,20)8-6-12/h3-4,9,11-12H,5-8H2,1-2H3. The molecular formula is C15H19ClN2O2S. The van der Waals surface area contributed by atoms with Crippen LogP contribution >= 0.6 is 11.6 Å². The molecule has 1 aliphatic rings. The molecule has 0 spiro atoms. The molecule has 0 N–H and O–H groups in total. The van der Waals surface area contributed by atoms with Gasteiger partial charge in [-0.25, -0.2) is 13.4 Å². The summed E-state index contributed by atoms with van der Waals surface area (Å²) < 4.78 is 25.4. The van der Waals surface area contributed by atoms with Crippen molar-refractivity contribution in [2.24, 2.45) is 0 Å². The molecule has 3 rings (SSSR count). The van der Waals surface area contributed by atoms with Gasteiger partial charge in [-0.05, 0) is 44.4 Å². The first-order chi connectivity index (χ1) is 9.87. The lowest BCUT2D eigenvalue weighted by atomic mass is 10.1. The third kappa shape index (κ3) is 2.81. The number of aryl methyl sites for hydroxylation is 1. The summed E-state index contributed by atoms with van der Waals surface area (Å²) in [6.45, 7) is 3.95. The Bertz CT molecular complexity index is 766. The van der Waals surface area contributed by atoms with Gasteiger partial charge in [-0.15, -0.1) is 11.6 Å². The molecule has 1 saturated heterocycles. The molecule has 0 amide bonds. The Morgan fingerprint density at radius 2 is 2.00 bits per heavy atom. The molecule has 0 bridgehead atoms. The van der Waals surface area contributed by atoms with Crippen LogP contribution in [0.15, 0.2) is 18.2 Å². The Morgan fingerprint density at radius 1 is 1.33 bits per heavy atom. The molecule has 0 aliphatic carbocycles. The van der Waals surface area contributed by atoms with Gasteiger partial charge < -0.3 is 4.57 Å². The third-order valence-corrected chi connectivity index (χ3v) is 6.03. The molecule has 1 aromatic carbocycles. The number of aromatic nitrogens is 2. The fraction of sp³-hybridized carbons (Fsp3) is 0.533. The largest absolute Gasteiger partial charge is 0.324 e. The average Bonchev–Trinajstić information content (AvgIpc) is 2.77. The van der Waals surface area contributed by atoms with E-state index in [0.717, 1.165) is 22.4 Å². The highest BCUT2D eigenvalue weighted by molar-refractivity contribution is 7.91. The van der Waals surface area contributed by atoms with E-state index >= 15 is 0 Å². The highest BCUT2D eigenvalue weighted by atomic mass is 35.5. The van der Waals surface area contributed by atoms with E-state index in [1.54, 1.807) is 0 Å². The summed E-state index contributed by atoms with van der Waals surface area (Å²) in [4.78, 5) is 4.67. The number of halogens is 1. The molecule has 1 aliphatic heterocycles. The molecule has 21 heavy (non-hydrogen) atoms. The summed E-state index contributed by atoms with van der Waals surface area (Å²) in [6.07, 6.45) is 1.27. The molecule has 2 aromatic rings. The second kappa shape index (κ2) is 5.29. The normalized spacial score (nSPS) is 20.7. The maximum Gasteiger partial charge on any atom is 0.150 e. The van der Waals surface area contributed by atoms with Crippen LogP contribution in [-0.2, 0) is 9.84 Å². The van der Waals surface area contributed by atoms with Crippen molar-refractivity contribution in [3.8, 4) is 0 Å². The summed E-state index contributed by atoms with van der Waals surface area (Å²) in [5.41, 5.74) is 3.14. The van der Waals surface area contributed by atoms with Crippen LogP contribution in [0.25, 0.3) is 11.0 Å². The molecule has 0 radical (unpaired) electrons. The van der Waals surface area contributed by atoms with E-state index in [0.29, 0.717) is 12.8 Å². The Kier molecular flexibility index (Phi) is 3.74. The van der Waals surface area contributed by atoms with Gasteiger partial charge in [0.25, 0.3) is 0 Å². The van der Waals surface area contributed by atoms with Crippen LogP contribution in [0, 0.1) is 6.92 Å². The molecule has 4 nitrogen and oxygen atoms in total. The van der Waals surface area contributed by atoms with Crippen LogP contribution in [0.4, 0.5) is 0 Å². The van der Waals surface area contributed by atoms with E-state index in [9.17, 15) is 8.42 Å². The van der Waals surface area contributed by atoms with E-state index < -0.39 is 9.84 Å². The summed E-state index contributed by atoms with van der Waals surface area (Å²) in [7, 11) is -2.87. The Balaban J connectivity index is 2.10. The van der Waals surface area contributed by atoms with Crippen molar-refractivity contribution in [2.75, 3.05) is 11.5 Å². The number of hydrogen-bond donors (Lipinski definition) is 0. The van der Waals surface area contributed by atoms with Gasteiger partial charge in [-0.1, -0.05) is 6.07 Å². The van der Waals surface area contributed by atoms with Crippen molar-refractivity contribution in [2.45, 2.75) is 38.1 Å². The van der Waals surface area contributed by atoms with Gasteiger partial charge in [0.2, 0.25) is 0 Å². The predicted molar refractivity (Wildman–Crippen MR) is 85.7 cm³/mol. The van der Waals surface area contributed by atoms with Gasteiger partial charge in [0.1, 0.15) is 15.7 Å². The molecule has 1 atom stereocenters. The zero-order chi connectivity index (χ0) is 15.2. The zero-order valence-electron chi connectivity index (χ0n) is 12.2. The first-order valence-electron chi connectivity index (χ1n) is 7.20. The predicted octanol–water partition coefficient (Wildman–Crippen LogP) is 3.39. The molecule has 1 aromatic heterocycles. The van der Waals surface area contributed by atoms with Crippen molar-refractivity contribution in [3.05, 3.63) is 29.6 Å². The number of fused-ring (bicyclic) bond motifs is 1. The highest BCUT2D eigenvalue weighted by Crippen LogP contribution is 2.33. The van der Waals surface area contributed by atoms with Crippen molar-refractivity contribution in [1.29, 1.82) is 0 Å². The van der Waals surface area contributed by atoms with E-state index in [2.05, 4.69) is 21.7 Å². The minimum atomic E-state index is -2.87. The van der Waals surface area contributed by atoms with Gasteiger partial charge in [0.05, 0.1) is 27.9 Å². The topological polar surface area (TPSA) is 52.0 Å². The summed E-state index contributed by atoms with van der Waals surface area (Å²) in [5.74, 6) is 1.33. The first-order valence-corrected chi connectivity index (χ1v) is 9.46. The Labute approximate surface area is 130 Å². The van der Waals surface area contributed by atoms with Crippen LogP contribution in [0.5, 0.6) is 0 Å². The number of sulfone groups is 1. The van der Waals surface area contributed by atoms with Gasteiger partial charge in [0, 0.05) is 6.04 Å². The van der Waals surface area contributed by atoms with Gasteiger partial charge in [0.15, 0.2) is 0 Å². The summed E-state index contributed by atoms with van der Waals surface area (Å²) in [5, 5.41) is -0.198. The quantitative estimate of drug-likeness (QED) is 0.795. The molecule has 1 fully saturated rings. The fourth-order valence-electron chi connectivity index (χ4n) is 3.03. The second-order valence-electron chi connectivity index (χ2n) is 5.83. The van der Waals surface area contributed by atoms with Gasteiger partial charge in [-0.3, -0.25) is 0 Å². The maximum absolute atomic E-state index is 11.6. The number of alkyl halides is 1. The lowest BCUT2D eigenvalue weighted by Crippen LogP contribution is -2.26. The number of rotatable bonds is 2. The zero-order valence-corrected chi connectivity index (χ0v) is 13.8. The fourth-order valence-corrected chi connectivity index (χ4v) is 4.65. The van der Waals surface area contributed by atoms with Gasteiger partial charge >= 0.3 is 0 Å². The van der Waals surface area contributed by atoms with Crippen LogP contribution in [-0.4, -0.2) is 29.5 Å². The minimum Gasteiger partial charge on any atom is -0.324 e. The lowest BCUT2D eigenvalue weighted by molar-refractivity contribution is 0.446. The number of imidazole rings is 1. The number of nitrogens with zero attached hydrogens (tertiary/aromatic N) is 2. The van der Waals surface area contributed by atoms with Crippen molar-refractivity contribution >= 4 is 32.5 Å². The summed E-state index contributed by atoms with van der Waals surface area (Å²) in [6, 6.07) is 6.33. The molecular weight excluding hydrogens is 308 g/mol. The average molecular weight is 327 g/mol. The smallest absolute Gasteiger partial charge is 0.150 e. The highest BCUT2D eigenvalue weighted by Gasteiger charge is 2.28. The SMILES string of the molecule is Cc1ccc2c(c1)nc(C(C)Cl)n2C1CCS(=O)(=O)CC1. The number of benzene rings is 1. The third-order valence-electron chi connectivity index (χ3n) is 4.12. The molecule has 1 unspecified atom stereocenters. The monoisotopic (exact) mass is 326 g/mol. The van der Waals surface area contributed by atoms with E-state index in [1.165, 1.54) is 0 Å². The first kappa shape index (κ1) is 14.9. The van der Waals surface area contributed by atoms with E-state index in [-0.39, 0.29) is 22.9 Å². The lowest BCUT2D eigenvalue weighted by Gasteiger charge is -2.26. The van der Waals surface area contributed by atoms with Crippen molar-refractivity contribution in [1.82, 2.24) is 9.55 Å². The van der Waals surface area contributed by atoms with Crippen LogP contribution in [0.2, 0.25) is 0 Å². The number of hydrogen-bond acceptors (Lipinski definition) is 3. The van der Waals surface area contributed by atoms with Gasteiger partial charge in [-0.2, -0.15) is 0 Å². The van der Waals surface area contributed by atoms with Crippen LogP contribution in [0.3, 0.4) is 0 Å². The van der Waals surface area contributed by atoms with E-state index in [4.69, 9.17) is 11.6 Å². The Morgan fingerprint density at radius 3 is 2.62 bits per heavy atom. The summed E-state index contributed by atoms with van der Waals surface area (Å²) >= 11 is 6.29. The van der Waals surface area contributed by atoms with E-state index in [1.807, 2.05) is 19.9 Å². The molecule has 2 heterocycles. The second-order valence-corrected chi connectivity index (χ2v) is 8.79. The Hall–Kier alpha value is -1.07. The van der Waals surface area contributed by atoms with Crippen molar-refractivity contribution in [3.63, 3.8) is 0 Å². The molecule has 0 saturated carbocycles. The van der Waals surface area contributed by atoms with Crippen LogP contribution in [0.1, 0.15) is 42.6 Å². The molecule has 114 valence electrons. The maximum atomic E-state index is 11.6. The molecule has 6 heteroatoms.